The molecule has 1 saturated heterocycles. The van der Waals surface area contributed by atoms with Crippen LogP contribution in [0.5, 0.6) is 0 Å². The zero-order valence-electron chi connectivity index (χ0n) is 11.4. The van der Waals surface area contributed by atoms with Gasteiger partial charge in [0, 0.05) is 50.0 Å². The number of nitrogens with one attached hydrogen (secondary N) is 1. The van der Waals surface area contributed by atoms with Gasteiger partial charge >= 0.3 is 0 Å². The monoisotopic (exact) mass is 236 g/mol. The van der Waals surface area contributed by atoms with Crippen molar-refractivity contribution in [1.29, 1.82) is 0 Å². The SMILES string of the molecule is CCC1(C)CNC(C)CN1Cc1cnn(C)c1. The average Bonchev–Trinajstić information content (AvgIpc) is 2.70. The molecule has 17 heavy (non-hydrogen) atoms. The van der Waals surface area contributed by atoms with Gasteiger partial charge in [-0.05, 0) is 20.3 Å². The number of piperazine rings is 1. The topological polar surface area (TPSA) is 33.1 Å². The highest BCUT2D eigenvalue weighted by molar-refractivity contribution is 5.06. The predicted molar refractivity (Wildman–Crippen MR) is 69.8 cm³/mol. The molecular formula is C13H24N4. The molecule has 1 N–H and O–H groups in total. The van der Waals surface area contributed by atoms with Crippen molar-refractivity contribution in [3.05, 3.63) is 18.0 Å². The quantitative estimate of drug-likeness (QED) is 0.861. The minimum atomic E-state index is 0.266. The molecule has 1 aliphatic heterocycles. The molecule has 4 nitrogen and oxygen atoms in total. The first-order chi connectivity index (χ1) is 8.03. The Hall–Kier alpha value is -0.870. The van der Waals surface area contributed by atoms with E-state index in [2.05, 4.69) is 42.3 Å². The highest BCUT2D eigenvalue weighted by atomic mass is 15.3. The van der Waals surface area contributed by atoms with Gasteiger partial charge in [0.15, 0.2) is 0 Å². The van der Waals surface area contributed by atoms with Crippen molar-refractivity contribution in [3.8, 4) is 0 Å². The van der Waals surface area contributed by atoms with Gasteiger partial charge in [0.1, 0.15) is 0 Å². The third-order valence-corrected chi connectivity index (χ3v) is 3.98. The van der Waals surface area contributed by atoms with E-state index < -0.39 is 0 Å². The lowest BCUT2D eigenvalue weighted by Crippen LogP contribution is -2.61. The Bertz CT molecular complexity index is 373. The molecule has 0 saturated carbocycles. The number of hydrogen-bond acceptors (Lipinski definition) is 3. The van der Waals surface area contributed by atoms with E-state index in [1.165, 1.54) is 12.0 Å². The Morgan fingerprint density at radius 2 is 2.35 bits per heavy atom. The first kappa shape index (κ1) is 12.6. The third kappa shape index (κ3) is 2.69. The molecule has 1 fully saturated rings. The number of hydrogen-bond donors (Lipinski definition) is 1. The second-order valence-electron chi connectivity index (χ2n) is 5.54. The number of aromatic nitrogens is 2. The second kappa shape index (κ2) is 4.78. The summed E-state index contributed by atoms with van der Waals surface area (Å²) in [5.74, 6) is 0. The molecular weight excluding hydrogens is 212 g/mol. The fourth-order valence-electron chi connectivity index (χ4n) is 2.50. The van der Waals surface area contributed by atoms with Crippen LogP contribution in [0.15, 0.2) is 12.4 Å². The Morgan fingerprint density at radius 1 is 1.59 bits per heavy atom. The fraction of sp³-hybridized carbons (Fsp3) is 0.769. The van der Waals surface area contributed by atoms with E-state index in [1.54, 1.807) is 0 Å². The van der Waals surface area contributed by atoms with Gasteiger partial charge in [-0.15, -0.1) is 0 Å². The zero-order chi connectivity index (χ0) is 12.5. The minimum Gasteiger partial charge on any atom is -0.311 e. The summed E-state index contributed by atoms with van der Waals surface area (Å²) in [5, 5.41) is 7.83. The van der Waals surface area contributed by atoms with Crippen LogP contribution < -0.4 is 5.32 Å². The lowest BCUT2D eigenvalue weighted by atomic mass is 9.92. The zero-order valence-corrected chi connectivity index (χ0v) is 11.4. The van der Waals surface area contributed by atoms with Crippen molar-refractivity contribution in [1.82, 2.24) is 20.0 Å². The summed E-state index contributed by atoms with van der Waals surface area (Å²) in [6, 6.07) is 0.575. The maximum Gasteiger partial charge on any atom is 0.0534 e. The van der Waals surface area contributed by atoms with Crippen molar-refractivity contribution in [2.45, 2.75) is 45.3 Å². The van der Waals surface area contributed by atoms with E-state index in [0.29, 0.717) is 6.04 Å². The first-order valence-electron chi connectivity index (χ1n) is 6.49. The summed E-state index contributed by atoms with van der Waals surface area (Å²) < 4.78 is 1.88. The number of rotatable bonds is 3. The van der Waals surface area contributed by atoms with Gasteiger partial charge in [-0.25, -0.2) is 0 Å². The molecule has 4 heteroatoms. The van der Waals surface area contributed by atoms with Gasteiger partial charge in [-0.2, -0.15) is 5.10 Å². The van der Waals surface area contributed by atoms with Gasteiger partial charge in [0.2, 0.25) is 0 Å². The van der Waals surface area contributed by atoms with Crippen LogP contribution in [0.25, 0.3) is 0 Å². The van der Waals surface area contributed by atoms with Crippen molar-refractivity contribution < 1.29 is 0 Å². The minimum absolute atomic E-state index is 0.266. The fourth-order valence-corrected chi connectivity index (χ4v) is 2.50. The van der Waals surface area contributed by atoms with Gasteiger partial charge in [0.25, 0.3) is 0 Å². The molecule has 96 valence electrons. The average molecular weight is 236 g/mol. The summed E-state index contributed by atoms with van der Waals surface area (Å²) in [5.41, 5.74) is 1.57. The van der Waals surface area contributed by atoms with Crippen molar-refractivity contribution >= 4 is 0 Å². The Morgan fingerprint density at radius 3 is 2.94 bits per heavy atom. The highest BCUT2D eigenvalue weighted by Gasteiger charge is 2.34. The van der Waals surface area contributed by atoms with Gasteiger partial charge in [0.05, 0.1) is 6.20 Å². The molecule has 1 aromatic rings. The molecule has 2 atom stereocenters. The molecule has 2 unspecified atom stereocenters. The summed E-state index contributed by atoms with van der Waals surface area (Å²) in [4.78, 5) is 2.59. The molecule has 0 bridgehead atoms. The molecule has 1 aromatic heterocycles. The maximum atomic E-state index is 4.25. The summed E-state index contributed by atoms with van der Waals surface area (Å²) in [6.07, 6.45) is 5.26. The number of aryl methyl sites for hydroxylation is 1. The van der Waals surface area contributed by atoms with E-state index in [-0.39, 0.29) is 5.54 Å². The molecule has 2 rings (SSSR count). The van der Waals surface area contributed by atoms with E-state index in [4.69, 9.17) is 0 Å². The second-order valence-corrected chi connectivity index (χ2v) is 5.54. The van der Waals surface area contributed by atoms with Crippen molar-refractivity contribution in [2.75, 3.05) is 13.1 Å². The van der Waals surface area contributed by atoms with E-state index >= 15 is 0 Å². The lowest BCUT2D eigenvalue weighted by molar-refractivity contribution is 0.0453. The normalized spacial score (nSPS) is 30.7. The molecule has 0 aromatic carbocycles. The van der Waals surface area contributed by atoms with Crippen LogP contribution in [0, 0.1) is 0 Å². The van der Waals surface area contributed by atoms with Crippen LogP contribution in [-0.2, 0) is 13.6 Å². The van der Waals surface area contributed by atoms with Crippen molar-refractivity contribution in [2.24, 2.45) is 7.05 Å². The van der Waals surface area contributed by atoms with Crippen LogP contribution in [0.1, 0.15) is 32.8 Å². The number of nitrogens with zero attached hydrogens (tertiary/aromatic N) is 3. The summed E-state index contributed by atoms with van der Waals surface area (Å²) in [7, 11) is 1.98. The molecule has 0 aliphatic carbocycles. The van der Waals surface area contributed by atoms with Crippen LogP contribution in [0.2, 0.25) is 0 Å². The predicted octanol–water partition coefficient (Wildman–Crippen LogP) is 1.38. The van der Waals surface area contributed by atoms with E-state index in [1.807, 2.05) is 17.9 Å². The molecule has 2 heterocycles. The standard InChI is InChI=1S/C13H24N4/c1-5-13(3)10-14-11(2)7-17(13)9-12-6-15-16(4)8-12/h6,8,11,14H,5,7,9-10H2,1-4H3. The van der Waals surface area contributed by atoms with E-state index in [0.717, 1.165) is 19.6 Å². The third-order valence-electron chi connectivity index (χ3n) is 3.98. The molecule has 0 spiro atoms. The van der Waals surface area contributed by atoms with Crippen LogP contribution >= 0.6 is 0 Å². The molecule has 1 aliphatic rings. The summed E-state index contributed by atoms with van der Waals surface area (Å²) in [6.45, 7) is 10.1. The Labute approximate surface area is 104 Å². The molecule has 0 radical (unpaired) electrons. The molecule has 0 amide bonds. The maximum absolute atomic E-state index is 4.25. The first-order valence-corrected chi connectivity index (χ1v) is 6.49. The van der Waals surface area contributed by atoms with Gasteiger partial charge in [-0.3, -0.25) is 9.58 Å². The Balaban J connectivity index is 2.10. The van der Waals surface area contributed by atoms with E-state index in [9.17, 15) is 0 Å². The largest absolute Gasteiger partial charge is 0.311 e. The van der Waals surface area contributed by atoms with Crippen LogP contribution in [0.4, 0.5) is 0 Å². The van der Waals surface area contributed by atoms with Crippen LogP contribution in [-0.4, -0.2) is 39.4 Å². The van der Waals surface area contributed by atoms with Gasteiger partial charge < -0.3 is 5.32 Å². The smallest absolute Gasteiger partial charge is 0.0534 e. The van der Waals surface area contributed by atoms with Crippen LogP contribution in [0.3, 0.4) is 0 Å². The highest BCUT2D eigenvalue weighted by Crippen LogP contribution is 2.24. The Kier molecular flexibility index (Phi) is 3.54. The van der Waals surface area contributed by atoms with Gasteiger partial charge in [-0.1, -0.05) is 6.92 Å². The lowest BCUT2D eigenvalue weighted by Gasteiger charge is -2.47. The summed E-state index contributed by atoms with van der Waals surface area (Å²) >= 11 is 0. The van der Waals surface area contributed by atoms with Crippen molar-refractivity contribution in [3.63, 3.8) is 0 Å².